The average molecular weight is 394 g/mol. The summed E-state index contributed by atoms with van der Waals surface area (Å²) in [6.45, 7) is 3.69. The monoisotopic (exact) mass is 393 g/mol. The SMILES string of the molecule is Cc1ccc(C(=O)C(C)Oc2ccc(NC(=O)c3ccc(Cl)cc3)cc2)cc1. The summed E-state index contributed by atoms with van der Waals surface area (Å²) in [6.07, 6.45) is -0.614. The highest BCUT2D eigenvalue weighted by Gasteiger charge is 2.17. The van der Waals surface area contributed by atoms with Crippen LogP contribution in [0.3, 0.4) is 0 Å². The topological polar surface area (TPSA) is 55.4 Å². The summed E-state index contributed by atoms with van der Waals surface area (Å²) in [6, 6.07) is 20.9. The lowest BCUT2D eigenvalue weighted by Gasteiger charge is -2.14. The molecule has 0 radical (unpaired) electrons. The first kappa shape index (κ1) is 19.6. The predicted octanol–water partition coefficient (Wildman–Crippen LogP) is 5.55. The van der Waals surface area contributed by atoms with E-state index in [1.54, 1.807) is 67.6 Å². The molecule has 3 aromatic carbocycles. The number of rotatable bonds is 6. The minimum atomic E-state index is -0.614. The molecule has 0 fully saturated rings. The Bertz CT molecular complexity index is 964. The van der Waals surface area contributed by atoms with E-state index in [1.807, 2.05) is 19.1 Å². The number of halogens is 1. The van der Waals surface area contributed by atoms with E-state index in [4.69, 9.17) is 16.3 Å². The molecule has 1 unspecified atom stereocenters. The van der Waals surface area contributed by atoms with Crippen molar-refractivity contribution in [3.05, 3.63) is 94.5 Å². The standard InChI is InChI=1S/C23H20ClNO3/c1-15-3-5-17(6-4-15)22(26)16(2)28-21-13-11-20(12-14-21)25-23(27)18-7-9-19(24)10-8-18/h3-14,16H,1-2H3,(H,25,27). The molecular weight excluding hydrogens is 374 g/mol. The van der Waals surface area contributed by atoms with Crippen LogP contribution in [0.15, 0.2) is 72.8 Å². The van der Waals surface area contributed by atoms with E-state index in [9.17, 15) is 9.59 Å². The Kier molecular flexibility index (Phi) is 6.12. The molecule has 5 heteroatoms. The van der Waals surface area contributed by atoms with E-state index in [-0.39, 0.29) is 11.7 Å². The van der Waals surface area contributed by atoms with Gasteiger partial charge in [0.1, 0.15) is 5.75 Å². The van der Waals surface area contributed by atoms with Gasteiger partial charge >= 0.3 is 0 Å². The summed E-state index contributed by atoms with van der Waals surface area (Å²) >= 11 is 5.83. The molecule has 0 aliphatic carbocycles. The first-order chi connectivity index (χ1) is 13.4. The summed E-state index contributed by atoms with van der Waals surface area (Å²) in [7, 11) is 0. The molecule has 4 nitrogen and oxygen atoms in total. The second kappa shape index (κ2) is 8.72. The Morgan fingerprint density at radius 2 is 1.43 bits per heavy atom. The van der Waals surface area contributed by atoms with Crippen LogP contribution in [0.2, 0.25) is 5.02 Å². The zero-order valence-corrected chi connectivity index (χ0v) is 16.4. The first-order valence-corrected chi connectivity index (χ1v) is 9.25. The predicted molar refractivity (Wildman–Crippen MR) is 111 cm³/mol. The first-order valence-electron chi connectivity index (χ1n) is 8.87. The number of ketones is 1. The fourth-order valence-electron chi connectivity index (χ4n) is 2.63. The van der Waals surface area contributed by atoms with Gasteiger partial charge in [-0.2, -0.15) is 0 Å². The molecule has 3 rings (SSSR count). The van der Waals surface area contributed by atoms with E-state index in [1.165, 1.54) is 0 Å². The molecule has 0 spiro atoms. The molecule has 0 aliphatic rings. The third kappa shape index (κ3) is 4.99. The number of ether oxygens (including phenoxy) is 1. The number of amides is 1. The Balaban J connectivity index is 1.60. The number of aryl methyl sites for hydroxylation is 1. The second-order valence-corrected chi connectivity index (χ2v) is 6.91. The molecular formula is C23H20ClNO3. The fraction of sp³-hybridized carbons (Fsp3) is 0.130. The zero-order chi connectivity index (χ0) is 20.1. The maximum Gasteiger partial charge on any atom is 0.255 e. The van der Waals surface area contributed by atoms with Crippen molar-refractivity contribution in [1.29, 1.82) is 0 Å². The van der Waals surface area contributed by atoms with E-state index < -0.39 is 6.10 Å². The van der Waals surface area contributed by atoms with Crippen LogP contribution in [0, 0.1) is 6.92 Å². The summed E-state index contributed by atoms with van der Waals surface area (Å²) in [5.41, 5.74) is 2.86. The Labute approximate surface area is 169 Å². The maximum atomic E-state index is 12.5. The van der Waals surface area contributed by atoms with Gasteiger partial charge < -0.3 is 10.1 Å². The van der Waals surface area contributed by atoms with Crippen LogP contribution < -0.4 is 10.1 Å². The molecule has 1 amide bonds. The number of Topliss-reactive ketones (excluding diaryl/α,β-unsaturated/α-hetero) is 1. The third-order valence-corrected chi connectivity index (χ3v) is 4.49. The van der Waals surface area contributed by atoms with Gasteiger partial charge in [0.25, 0.3) is 5.91 Å². The van der Waals surface area contributed by atoms with Crippen molar-refractivity contribution in [2.75, 3.05) is 5.32 Å². The van der Waals surface area contributed by atoms with Crippen molar-refractivity contribution < 1.29 is 14.3 Å². The van der Waals surface area contributed by atoms with Crippen molar-refractivity contribution in [3.8, 4) is 5.75 Å². The van der Waals surface area contributed by atoms with Crippen molar-refractivity contribution in [2.45, 2.75) is 20.0 Å². The summed E-state index contributed by atoms with van der Waals surface area (Å²) < 4.78 is 5.74. The van der Waals surface area contributed by atoms with Crippen molar-refractivity contribution in [1.82, 2.24) is 0 Å². The van der Waals surface area contributed by atoms with Crippen molar-refractivity contribution in [2.24, 2.45) is 0 Å². The maximum absolute atomic E-state index is 12.5. The quantitative estimate of drug-likeness (QED) is 0.558. The number of hydrogen-bond acceptors (Lipinski definition) is 3. The van der Waals surface area contributed by atoms with Crippen LogP contribution in [0.4, 0.5) is 5.69 Å². The minimum absolute atomic E-state index is 0.0832. The number of carbonyl (C=O) groups excluding carboxylic acids is 2. The summed E-state index contributed by atoms with van der Waals surface area (Å²) in [5.74, 6) is 0.242. The lowest BCUT2D eigenvalue weighted by Crippen LogP contribution is -2.23. The average Bonchev–Trinajstić information content (AvgIpc) is 2.70. The molecule has 1 atom stereocenters. The van der Waals surface area contributed by atoms with Crippen LogP contribution in [-0.2, 0) is 0 Å². The fourth-order valence-corrected chi connectivity index (χ4v) is 2.76. The molecule has 0 aliphatic heterocycles. The number of benzene rings is 3. The third-order valence-electron chi connectivity index (χ3n) is 4.24. The van der Waals surface area contributed by atoms with E-state index >= 15 is 0 Å². The van der Waals surface area contributed by atoms with Gasteiger partial charge in [-0.05, 0) is 62.4 Å². The Hall–Kier alpha value is -3.11. The van der Waals surface area contributed by atoms with Crippen LogP contribution in [0.5, 0.6) is 5.75 Å². The minimum Gasteiger partial charge on any atom is -0.483 e. The van der Waals surface area contributed by atoms with E-state index in [2.05, 4.69) is 5.32 Å². The van der Waals surface area contributed by atoms with Gasteiger partial charge in [-0.3, -0.25) is 9.59 Å². The molecule has 0 saturated heterocycles. The van der Waals surface area contributed by atoms with Gasteiger partial charge in [0, 0.05) is 21.8 Å². The highest BCUT2D eigenvalue weighted by atomic mass is 35.5. The number of carbonyl (C=O) groups is 2. The molecule has 0 aromatic heterocycles. The highest BCUT2D eigenvalue weighted by molar-refractivity contribution is 6.30. The van der Waals surface area contributed by atoms with E-state index in [0.717, 1.165) is 5.56 Å². The van der Waals surface area contributed by atoms with Crippen LogP contribution in [-0.4, -0.2) is 17.8 Å². The van der Waals surface area contributed by atoms with Gasteiger partial charge in [-0.25, -0.2) is 0 Å². The number of hydrogen-bond donors (Lipinski definition) is 1. The van der Waals surface area contributed by atoms with Crippen LogP contribution in [0.1, 0.15) is 33.2 Å². The molecule has 0 saturated carbocycles. The lowest BCUT2D eigenvalue weighted by atomic mass is 10.1. The largest absolute Gasteiger partial charge is 0.483 e. The Morgan fingerprint density at radius 1 is 0.857 bits per heavy atom. The molecule has 3 aromatic rings. The van der Waals surface area contributed by atoms with E-state index in [0.29, 0.717) is 27.6 Å². The van der Waals surface area contributed by atoms with Gasteiger partial charge in [-0.15, -0.1) is 0 Å². The molecule has 1 N–H and O–H groups in total. The van der Waals surface area contributed by atoms with Crippen molar-refractivity contribution in [3.63, 3.8) is 0 Å². The molecule has 28 heavy (non-hydrogen) atoms. The van der Waals surface area contributed by atoms with Crippen LogP contribution in [0.25, 0.3) is 0 Å². The zero-order valence-electron chi connectivity index (χ0n) is 15.6. The van der Waals surface area contributed by atoms with Crippen LogP contribution >= 0.6 is 11.6 Å². The lowest BCUT2D eigenvalue weighted by molar-refractivity contribution is 0.0818. The number of nitrogens with one attached hydrogen (secondary N) is 1. The number of anilines is 1. The molecule has 0 bridgehead atoms. The normalized spacial score (nSPS) is 11.5. The summed E-state index contributed by atoms with van der Waals surface area (Å²) in [5, 5.41) is 3.38. The van der Waals surface area contributed by atoms with Gasteiger partial charge in [0.2, 0.25) is 5.78 Å². The van der Waals surface area contributed by atoms with Gasteiger partial charge in [0.15, 0.2) is 6.10 Å². The Morgan fingerprint density at radius 3 is 2.04 bits per heavy atom. The van der Waals surface area contributed by atoms with Gasteiger partial charge in [-0.1, -0.05) is 41.4 Å². The summed E-state index contributed by atoms with van der Waals surface area (Å²) in [4.78, 5) is 24.7. The smallest absolute Gasteiger partial charge is 0.255 e. The molecule has 142 valence electrons. The second-order valence-electron chi connectivity index (χ2n) is 6.48. The highest BCUT2D eigenvalue weighted by Crippen LogP contribution is 2.19. The molecule has 0 heterocycles. The van der Waals surface area contributed by atoms with Gasteiger partial charge in [0.05, 0.1) is 0 Å². The van der Waals surface area contributed by atoms with Crippen molar-refractivity contribution >= 4 is 29.0 Å².